The van der Waals surface area contributed by atoms with Crippen LogP contribution < -0.4 is 15.4 Å². The average molecular weight is 397 g/mol. The number of piperidine rings is 1. The standard InChI is InChI=1S/C25H26N5/c1-5-13-21(14-6-1)24-26-29(22-15-7-2-8-16-22)25(28-19-11-4-12-20-28)30(27-24)23-17-9-3-10-18-23/h1-3,5-10,13-18,25H,4,11-12,19-20H2. The third-order valence-corrected chi connectivity index (χ3v) is 5.63. The zero-order valence-corrected chi connectivity index (χ0v) is 17.0. The first-order valence-electron chi connectivity index (χ1n) is 10.7. The van der Waals surface area contributed by atoms with Crippen molar-refractivity contribution in [3.8, 4) is 0 Å². The Kier molecular flexibility index (Phi) is 5.36. The van der Waals surface area contributed by atoms with E-state index in [1.54, 1.807) is 0 Å². The van der Waals surface area contributed by atoms with Crippen molar-refractivity contribution < 1.29 is 0 Å². The van der Waals surface area contributed by atoms with Crippen molar-refractivity contribution in [3.63, 3.8) is 0 Å². The second kappa shape index (κ2) is 8.59. The number of amidine groups is 1. The first-order valence-corrected chi connectivity index (χ1v) is 10.7. The summed E-state index contributed by atoms with van der Waals surface area (Å²) in [5.41, 5.74) is 8.20. The molecule has 5 heteroatoms. The molecule has 0 spiro atoms. The molecule has 0 bridgehead atoms. The Morgan fingerprint density at radius 2 is 1.13 bits per heavy atom. The van der Waals surface area contributed by atoms with Crippen molar-refractivity contribution in [2.75, 3.05) is 23.1 Å². The Hall–Kier alpha value is -3.31. The summed E-state index contributed by atoms with van der Waals surface area (Å²) < 4.78 is 0. The molecule has 1 atom stereocenters. The predicted octanol–water partition coefficient (Wildman–Crippen LogP) is 4.66. The first kappa shape index (κ1) is 18.7. The normalized spacial score (nSPS) is 19.9. The van der Waals surface area contributed by atoms with Gasteiger partial charge in [-0.25, -0.2) is 10.0 Å². The predicted molar refractivity (Wildman–Crippen MR) is 122 cm³/mol. The van der Waals surface area contributed by atoms with Crippen LogP contribution >= 0.6 is 0 Å². The smallest absolute Gasteiger partial charge is 0.201 e. The molecule has 1 fully saturated rings. The quantitative estimate of drug-likeness (QED) is 0.643. The maximum atomic E-state index is 5.05. The van der Waals surface area contributed by atoms with Crippen LogP contribution in [0.15, 0.2) is 96.1 Å². The van der Waals surface area contributed by atoms with Crippen LogP contribution in [0.3, 0.4) is 0 Å². The van der Waals surface area contributed by atoms with Gasteiger partial charge in [0.05, 0.1) is 11.4 Å². The van der Waals surface area contributed by atoms with Crippen LogP contribution in [0.4, 0.5) is 11.4 Å². The van der Waals surface area contributed by atoms with E-state index < -0.39 is 0 Å². The number of hydrogen-bond donors (Lipinski definition) is 0. The molecule has 1 radical (unpaired) electrons. The highest BCUT2D eigenvalue weighted by atomic mass is 15.8. The van der Waals surface area contributed by atoms with Gasteiger partial charge in [-0.05, 0) is 37.1 Å². The minimum atomic E-state index is -0.0948. The van der Waals surface area contributed by atoms with Crippen molar-refractivity contribution in [1.29, 1.82) is 0 Å². The van der Waals surface area contributed by atoms with E-state index in [4.69, 9.17) is 10.5 Å². The van der Waals surface area contributed by atoms with Gasteiger partial charge in [-0.3, -0.25) is 4.90 Å². The number of hydrazone groups is 1. The molecule has 30 heavy (non-hydrogen) atoms. The fourth-order valence-corrected chi connectivity index (χ4v) is 4.14. The van der Waals surface area contributed by atoms with E-state index in [1.807, 2.05) is 30.3 Å². The van der Waals surface area contributed by atoms with Gasteiger partial charge in [0, 0.05) is 18.7 Å². The maximum Gasteiger partial charge on any atom is 0.201 e. The highest BCUT2D eigenvalue weighted by molar-refractivity contribution is 6.00. The fourth-order valence-electron chi connectivity index (χ4n) is 4.14. The van der Waals surface area contributed by atoms with E-state index >= 15 is 0 Å². The molecule has 5 rings (SSSR count). The lowest BCUT2D eigenvalue weighted by Gasteiger charge is -2.47. The van der Waals surface area contributed by atoms with Gasteiger partial charge >= 0.3 is 0 Å². The zero-order chi connectivity index (χ0) is 20.2. The molecular weight excluding hydrogens is 370 g/mol. The largest absolute Gasteiger partial charge is 0.263 e. The number of anilines is 2. The van der Waals surface area contributed by atoms with Crippen molar-refractivity contribution >= 4 is 17.2 Å². The summed E-state index contributed by atoms with van der Waals surface area (Å²) in [6.45, 7) is 2.09. The molecular formula is C25H26N5. The van der Waals surface area contributed by atoms with Gasteiger partial charge in [0.25, 0.3) is 0 Å². The van der Waals surface area contributed by atoms with Gasteiger partial charge in [-0.2, -0.15) is 0 Å². The van der Waals surface area contributed by atoms with E-state index in [9.17, 15) is 0 Å². The molecule has 0 aliphatic carbocycles. The van der Waals surface area contributed by atoms with E-state index in [0.29, 0.717) is 0 Å². The summed E-state index contributed by atoms with van der Waals surface area (Å²) in [5.74, 6) is 0.719. The molecule has 3 aromatic rings. The Labute approximate surface area is 178 Å². The van der Waals surface area contributed by atoms with Crippen LogP contribution in [0.1, 0.15) is 24.8 Å². The number of hydrogen-bond acceptors (Lipinski definition) is 4. The molecule has 0 N–H and O–H groups in total. The highest BCUT2D eigenvalue weighted by Crippen LogP contribution is 2.30. The van der Waals surface area contributed by atoms with Crippen LogP contribution in [0.5, 0.6) is 0 Å². The van der Waals surface area contributed by atoms with Gasteiger partial charge in [0.2, 0.25) is 6.29 Å². The van der Waals surface area contributed by atoms with Gasteiger partial charge in [-0.1, -0.05) is 73.2 Å². The maximum absolute atomic E-state index is 5.05. The van der Waals surface area contributed by atoms with Crippen molar-refractivity contribution in [1.82, 2.24) is 10.3 Å². The number of para-hydroxylation sites is 2. The van der Waals surface area contributed by atoms with Gasteiger partial charge in [0.15, 0.2) is 5.84 Å². The first-order chi connectivity index (χ1) is 14.9. The molecule has 5 nitrogen and oxygen atoms in total. The Morgan fingerprint density at radius 3 is 1.73 bits per heavy atom. The van der Waals surface area contributed by atoms with Crippen LogP contribution in [0, 0.1) is 0 Å². The number of benzene rings is 3. The number of nitrogens with zero attached hydrogens (tertiary/aromatic N) is 5. The second-order valence-corrected chi connectivity index (χ2v) is 7.69. The van der Waals surface area contributed by atoms with Crippen LogP contribution in [-0.2, 0) is 0 Å². The summed E-state index contributed by atoms with van der Waals surface area (Å²) in [6.07, 6.45) is 3.60. The molecule has 0 amide bonds. The van der Waals surface area contributed by atoms with Gasteiger partial charge < -0.3 is 0 Å². The molecule has 2 aliphatic rings. The van der Waals surface area contributed by atoms with E-state index in [-0.39, 0.29) is 6.29 Å². The third kappa shape index (κ3) is 3.76. The van der Waals surface area contributed by atoms with Crippen LogP contribution in [0.2, 0.25) is 0 Å². The molecule has 1 unspecified atom stereocenters. The second-order valence-electron chi connectivity index (χ2n) is 7.69. The van der Waals surface area contributed by atoms with Crippen LogP contribution in [-0.4, -0.2) is 30.1 Å². The molecule has 2 aliphatic heterocycles. The summed E-state index contributed by atoms with van der Waals surface area (Å²) in [4.78, 5) is 2.50. The lowest BCUT2D eigenvalue weighted by atomic mass is 10.1. The Bertz CT molecular complexity index is 968. The van der Waals surface area contributed by atoms with Gasteiger partial charge in [0.1, 0.15) is 0 Å². The monoisotopic (exact) mass is 396 g/mol. The molecule has 2 heterocycles. The van der Waals surface area contributed by atoms with Crippen molar-refractivity contribution in [3.05, 3.63) is 96.6 Å². The lowest BCUT2D eigenvalue weighted by Crippen LogP contribution is -2.64. The van der Waals surface area contributed by atoms with Crippen molar-refractivity contribution in [2.45, 2.75) is 25.6 Å². The van der Waals surface area contributed by atoms with Crippen LogP contribution in [0.25, 0.3) is 0 Å². The Morgan fingerprint density at radius 1 is 0.600 bits per heavy atom. The molecule has 151 valence electrons. The minimum Gasteiger partial charge on any atom is -0.263 e. The fraction of sp³-hybridized carbons (Fsp3) is 0.240. The summed E-state index contributed by atoms with van der Waals surface area (Å²) in [7, 11) is 0. The lowest BCUT2D eigenvalue weighted by molar-refractivity contribution is 0.145. The molecule has 0 aromatic heterocycles. The summed E-state index contributed by atoms with van der Waals surface area (Å²) >= 11 is 0. The average Bonchev–Trinajstić information content (AvgIpc) is 2.85. The summed E-state index contributed by atoms with van der Waals surface area (Å²) in [5, 5.41) is 9.32. The number of likely N-dealkylation sites (tertiary alicyclic amines) is 1. The Balaban J connectivity index is 1.63. The highest BCUT2D eigenvalue weighted by Gasteiger charge is 2.38. The summed E-state index contributed by atoms with van der Waals surface area (Å²) in [6, 6.07) is 31.1. The third-order valence-electron chi connectivity index (χ3n) is 5.63. The molecule has 3 aromatic carbocycles. The minimum absolute atomic E-state index is 0.0948. The topological polar surface area (TPSA) is 36.2 Å². The zero-order valence-electron chi connectivity index (χ0n) is 17.0. The molecule has 0 saturated carbocycles. The van der Waals surface area contributed by atoms with E-state index in [1.165, 1.54) is 19.3 Å². The number of rotatable bonds is 4. The van der Waals surface area contributed by atoms with Gasteiger partial charge in [-0.15, -0.1) is 10.5 Å². The van der Waals surface area contributed by atoms with E-state index in [0.717, 1.165) is 35.9 Å². The SMILES string of the molecule is c1ccc(C2=NN(c3ccccc3)C(N3CCCCC3)N(c3ccccc3)[N]2)cc1. The molecule has 1 saturated heterocycles. The van der Waals surface area contributed by atoms with Crippen molar-refractivity contribution in [2.24, 2.45) is 5.10 Å². The van der Waals surface area contributed by atoms with E-state index in [2.05, 4.69) is 75.6 Å².